The van der Waals surface area contributed by atoms with Gasteiger partial charge >= 0.3 is 0 Å². The first-order valence-corrected chi connectivity index (χ1v) is 6.64. The number of benzene rings is 1. The summed E-state index contributed by atoms with van der Waals surface area (Å²) in [6, 6.07) is 5.55. The van der Waals surface area contributed by atoms with Gasteiger partial charge in [0.1, 0.15) is 5.82 Å². The van der Waals surface area contributed by atoms with Crippen LogP contribution >= 0.6 is 15.9 Å². The molecule has 0 aliphatic heterocycles. The van der Waals surface area contributed by atoms with Crippen molar-refractivity contribution in [3.63, 3.8) is 0 Å². The average Bonchev–Trinajstić information content (AvgIpc) is 3.06. The second kappa shape index (κ2) is 5.28. The molecule has 0 bridgehead atoms. The van der Waals surface area contributed by atoms with Gasteiger partial charge in [0.25, 0.3) is 0 Å². The van der Waals surface area contributed by atoms with Crippen LogP contribution in [0.4, 0.5) is 4.39 Å². The van der Waals surface area contributed by atoms with Gasteiger partial charge in [0.15, 0.2) is 0 Å². The molecule has 0 radical (unpaired) electrons. The van der Waals surface area contributed by atoms with Crippen molar-refractivity contribution >= 4 is 15.9 Å². The van der Waals surface area contributed by atoms with E-state index in [-0.39, 0.29) is 11.9 Å². The van der Waals surface area contributed by atoms with Crippen molar-refractivity contribution in [1.82, 2.24) is 5.32 Å². The van der Waals surface area contributed by atoms with Crippen LogP contribution in [0.3, 0.4) is 0 Å². The van der Waals surface area contributed by atoms with E-state index < -0.39 is 0 Å². The molecule has 3 heteroatoms. The third-order valence-electron chi connectivity index (χ3n) is 3.14. The van der Waals surface area contributed by atoms with E-state index in [2.05, 4.69) is 28.2 Å². The second-order valence-electron chi connectivity index (χ2n) is 4.58. The van der Waals surface area contributed by atoms with Crippen LogP contribution in [0.25, 0.3) is 0 Å². The Kier molecular flexibility index (Phi) is 3.98. The predicted octanol–water partition coefficient (Wildman–Crippen LogP) is 4.04. The largest absolute Gasteiger partial charge is 0.310 e. The number of hydrogen-bond donors (Lipinski definition) is 1. The molecule has 1 fully saturated rings. The van der Waals surface area contributed by atoms with Crippen molar-refractivity contribution in [1.29, 1.82) is 0 Å². The molecule has 1 aromatic rings. The Labute approximate surface area is 105 Å². The fourth-order valence-corrected chi connectivity index (χ4v) is 2.06. The molecule has 0 amide bonds. The highest BCUT2D eigenvalue weighted by Gasteiger charge is 2.20. The molecule has 0 spiro atoms. The van der Waals surface area contributed by atoms with Crippen molar-refractivity contribution in [2.24, 2.45) is 5.92 Å². The maximum Gasteiger partial charge on any atom is 0.137 e. The van der Waals surface area contributed by atoms with Crippen molar-refractivity contribution in [2.75, 3.05) is 6.54 Å². The van der Waals surface area contributed by atoms with E-state index >= 15 is 0 Å². The van der Waals surface area contributed by atoms with Crippen LogP contribution in [0.5, 0.6) is 0 Å². The van der Waals surface area contributed by atoms with Gasteiger partial charge in [-0.05, 0) is 59.4 Å². The van der Waals surface area contributed by atoms with Crippen LogP contribution in [-0.4, -0.2) is 6.54 Å². The van der Waals surface area contributed by atoms with E-state index in [1.165, 1.54) is 19.3 Å². The average molecular weight is 286 g/mol. The molecule has 1 saturated carbocycles. The Balaban J connectivity index is 1.86. The standard InChI is InChI=1S/C13H17BrFN/c1-9(16-7-6-10-2-3-10)11-4-5-12(14)13(15)8-11/h4-5,8-10,16H,2-3,6-7H2,1H3. The Hall–Kier alpha value is -0.410. The van der Waals surface area contributed by atoms with Gasteiger partial charge < -0.3 is 5.32 Å². The molecule has 1 aromatic carbocycles. The minimum Gasteiger partial charge on any atom is -0.310 e. The first-order chi connectivity index (χ1) is 7.66. The van der Waals surface area contributed by atoms with Gasteiger partial charge in [0.2, 0.25) is 0 Å². The number of nitrogens with one attached hydrogen (secondary N) is 1. The predicted molar refractivity (Wildman–Crippen MR) is 67.9 cm³/mol. The molecule has 1 aliphatic carbocycles. The highest BCUT2D eigenvalue weighted by atomic mass is 79.9. The Morgan fingerprint density at radius 2 is 2.25 bits per heavy atom. The molecule has 0 aromatic heterocycles. The van der Waals surface area contributed by atoms with Crippen molar-refractivity contribution in [2.45, 2.75) is 32.2 Å². The number of hydrogen-bond acceptors (Lipinski definition) is 1. The Morgan fingerprint density at radius 1 is 1.50 bits per heavy atom. The molecule has 0 heterocycles. The van der Waals surface area contributed by atoms with E-state index in [0.717, 1.165) is 18.0 Å². The molecule has 1 atom stereocenters. The maximum absolute atomic E-state index is 13.3. The van der Waals surface area contributed by atoms with E-state index in [1.807, 2.05) is 6.07 Å². The summed E-state index contributed by atoms with van der Waals surface area (Å²) in [6.45, 7) is 3.11. The minimum atomic E-state index is -0.187. The fraction of sp³-hybridized carbons (Fsp3) is 0.538. The molecule has 1 unspecified atom stereocenters. The molecular weight excluding hydrogens is 269 g/mol. The first kappa shape index (κ1) is 12.1. The quantitative estimate of drug-likeness (QED) is 0.861. The lowest BCUT2D eigenvalue weighted by Gasteiger charge is -2.14. The molecule has 1 N–H and O–H groups in total. The van der Waals surface area contributed by atoms with Crippen molar-refractivity contribution in [3.05, 3.63) is 34.1 Å². The van der Waals surface area contributed by atoms with Gasteiger partial charge in [-0.2, -0.15) is 0 Å². The first-order valence-electron chi connectivity index (χ1n) is 5.85. The number of halogens is 2. The Bertz CT molecular complexity index is 363. The summed E-state index contributed by atoms with van der Waals surface area (Å²) in [6.07, 6.45) is 4.04. The van der Waals surface area contributed by atoms with Gasteiger partial charge in [-0.1, -0.05) is 18.9 Å². The second-order valence-corrected chi connectivity index (χ2v) is 5.44. The zero-order valence-electron chi connectivity index (χ0n) is 9.47. The van der Waals surface area contributed by atoms with Gasteiger partial charge in [0.05, 0.1) is 4.47 Å². The summed E-state index contributed by atoms with van der Waals surface area (Å²) in [7, 11) is 0. The lowest BCUT2D eigenvalue weighted by atomic mass is 10.1. The summed E-state index contributed by atoms with van der Waals surface area (Å²) in [5.74, 6) is 0.759. The zero-order valence-corrected chi connectivity index (χ0v) is 11.1. The highest BCUT2D eigenvalue weighted by molar-refractivity contribution is 9.10. The minimum absolute atomic E-state index is 0.187. The molecule has 16 heavy (non-hydrogen) atoms. The third-order valence-corrected chi connectivity index (χ3v) is 3.79. The van der Waals surface area contributed by atoms with E-state index in [0.29, 0.717) is 4.47 Å². The van der Waals surface area contributed by atoms with E-state index in [4.69, 9.17) is 0 Å². The molecule has 1 aliphatic rings. The summed E-state index contributed by atoms with van der Waals surface area (Å²) in [4.78, 5) is 0. The SMILES string of the molecule is CC(NCCC1CC1)c1ccc(Br)c(F)c1. The highest BCUT2D eigenvalue weighted by Crippen LogP contribution is 2.32. The van der Waals surface area contributed by atoms with Crippen LogP contribution in [0.1, 0.15) is 37.8 Å². The van der Waals surface area contributed by atoms with Crippen LogP contribution in [0.2, 0.25) is 0 Å². The van der Waals surface area contributed by atoms with Gasteiger partial charge in [-0.15, -0.1) is 0 Å². The van der Waals surface area contributed by atoms with Gasteiger partial charge in [-0.3, -0.25) is 0 Å². The molecular formula is C13H17BrFN. The third kappa shape index (κ3) is 3.29. The van der Waals surface area contributed by atoms with Gasteiger partial charge in [-0.25, -0.2) is 4.39 Å². The summed E-state index contributed by atoms with van der Waals surface area (Å²) in [5.41, 5.74) is 1.01. The van der Waals surface area contributed by atoms with Crippen molar-refractivity contribution < 1.29 is 4.39 Å². The summed E-state index contributed by atoms with van der Waals surface area (Å²) < 4.78 is 13.9. The topological polar surface area (TPSA) is 12.0 Å². The zero-order chi connectivity index (χ0) is 11.5. The smallest absolute Gasteiger partial charge is 0.137 e. The van der Waals surface area contributed by atoms with Crippen molar-refractivity contribution in [3.8, 4) is 0 Å². The maximum atomic E-state index is 13.3. The molecule has 88 valence electrons. The molecule has 2 rings (SSSR count). The van der Waals surface area contributed by atoms with Crippen LogP contribution in [-0.2, 0) is 0 Å². The summed E-state index contributed by atoms with van der Waals surface area (Å²) >= 11 is 3.16. The van der Waals surface area contributed by atoms with Crippen LogP contribution in [0.15, 0.2) is 22.7 Å². The normalized spacial score (nSPS) is 17.4. The van der Waals surface area contributed by atoms with Gasteiger partial charge in [0, 0.05) is 6.04 Å². The Morgan fingerprint density at radius 3 is 2.88 bits per heavy atom. The summed E-state index contributed by atoms with van der Waals surface area (Å²) in [5, 5.41) is 3.43. The number of rotatable bonds is 5. The lowest BCUT2D eigenvalue weighted by Crippen LogP contribution is -2.20. The lowest BCUT2D eigenvalue weighted by molar-refractivity contribution is 0.534. The van der Waals surface area contributed by atoms with E-state index in [1.54, 1.807) is 12.1 Å². The van der Waals surface area contributed by atoms with Crippen LogP contribution in [0, 0.1) is 11.7 Å². The van der Waals surface area contributed by atoms with Crippen LogP contribution < -0.4 is 5.32 Å². The monoisotopic (exact) mass is 285 g/mol. The molecule has 1 nitrogen and oxygen atoms in total. The molecule has 0 saturated heterocycles. The van der Waals surface area contributed by atoms with E-state index in [9.17, 15) is 4.39 Å². The fourth-order valence-electron chi connectivity index (χ4n) is 1.81.